The summed E-state index contributed by atoms with van der Waals surface area (Å²) < 4.78 is 0. The third kappa shape index (κ3) is 1.83. The van der Waals surface area contributed by atoms with E-state index in [4.69, 9.17) is 0 Å². The molecular weight excluding hydrogens is 194 g/mol. The highest BCUT2D eigenvalue weighted by Gasteiger charge is 2.32. The minimum Gasteiger partial charge on any atom is -0.368 e. The number of benzene rings is 1. The second-order valence-corrected chi connectivity index (χ2v) is 5.28. The first-order valence-corrected chi connectivity index (χ1v) is 6.77. The molecule has 1 nitrogen and oxygen atoms in total. The van der Waals surface area contributed by atoms with Crippen molar-refractivity contribution in [3.63, 3.8) is 0 Å². The first kappa shape index (κ1) is 10.2. The van der Waals surface area contributed by atoms with E-state index in [2.05, 4.69) is 35.2 Å². The van der Waals surface area contributed by atoms with Crippen LogP contribution in [0.2, 0.25) is 0 Å². The zero-order chi connectivity index (χ0) is 10.8. The van der Waals surface area contributed by atoms with Crippen molar-refractivity contribution >= 4 is 5.69 Å². The number of piperidine rings is 1. The second kappa shape index (κ2) is 4.48. The summed E-state index contributed by atoms with van der Waals surface area (Å²) in [6, 6.07) is 11.8. The van der Waals surface area contributed by atoms with Gasteiger partial charge >= 0.3 is 0 Å². The van der Waals surface area contributed by atoms with Crippen LogP contribution in [0.4, 0.5) is 5.69 Å². The number of nitrogens with zero attached hydrogens (tertiary/aromatic N) is 1. The van der Waals surface area contributed by atoms with Crippen molar-refractivity contribution in [2.45, 2.75) is 44.6 Å². The number of hydrogen-bond acceptors (Lipinski definition) is 1. The van der Waals surface area contributed by atoms with Crippen LogP contribution in [0.25, 0.3) is 0 Å². The summed E-state index contributed by atoms with van der Waals surface area (Å²) in [7, 11) is 0. The van der Waals surface area contributed by atoms with Gasteiger partial charge in [0.1, 0.15) is 0 Å². The minimum atomic E-state index is 0.838. The Bertz CT molecular complexity index is 331. The molecule has 16 heavy (non-hydrogen) atoms. The Hall–Kier alpha value is -0.980. The molecule has 1 aliphatic heterocycles. The van der Waals surface area contributed by atoms with Crippen LogP contribution in [0.15, 0.2) is 30.3 Å². The molecule has 0 radical (unpaired) electrons. The molecule has 0 bridgehead atoms. The summed E-state index contributed by atoms with van der Waals surface area (Å²) in [4.78, 5) is 2.67. The average molecular weight is 215 g/mol. The molecule has 0 amide bonds. The van der Waals surface area contributed by atoms with Crippen LogP contribution in [0.5, 0.6) is 0 Å². The number of fused-ring (bicyclic) bond motifs is 1. The van der Waals surface area contributed by atoms with E-state index in [0.717, 1.165) is 12.0 Å². The predicted octanol–water partition coefficient (Wildman–Crippen LogP) is 3.85. The van der Waals surface area contributed by atoms with Gasteiger partial charge in [0.15, 0.2) is 0 Å². The van der Waals surface area contributed by atoms with Gasteiger partial charge in [-0.1, -0.05) is 31.0 Å². The molecule has 1 saturated heterocycles. The Balaban J connectivity index is 1.83. The van der Waals surface area contributed by atoms with E-state index in [1.807, 2.05) is 0 Å². The van der Waals surface area contributed by atoms with Crippen molar-refractivity contribution in [2.75, 3.05) is 11.4 Å². The van der Waals surface area contributed by atoms with E-state index in [1.165, 1.54) is 50.8 Å². The average Bonchev–Trinajstić information content (AvgIpc) is 2.39. The lowest BCUT2D eigenvalue weighted by atomic mass is 9.78. The molecule has 0 N–H and O–H groups in total. The molecule has 0 spiro atoms. The summed E-state index contributed by atoms with van der Waals surface area (Å²) in [6.07, 6.45) is 8.63. The lowest BCUT2D eigenvalue weighted by molar-refractivity contribution is 0.244. The monoisotopic (exact) mass is 215 g/mol. The third-order valence-corrected chi connectivity index (χ3v) is 4.33. The summed E-state index contributed by atoms with van der Waals surface area (Å²) in [5, 5.41) is 0. The van der Waals surface area contributed by atoms with Crippen molar-refractivity contribution in [1.82, 2.24) is 0 Å². The third-order valence-electron chi connectivity index (χ3n) is 4.33. The standard InChI is InChI=1S/C15H21N/c1-2-9-14(10-3-1)16-12-6-8-13-7-4-5-11-15(13)16/h1-3,9-10,13,15H,4-8,11-12H2. The lowest BCUT2D eigenvalue weighted by Gasteiger charge is -2.45. The van der Waals surface area contributed by atoms with E-state index in [9.17, 15) is 0 Å². The Morgan fingerprint density at radius 2 is 1.62 bits per heavy atom. The molecule has 1 aromatic rings. The van der Waals surface area contributed by atoms with Crippen molar-refractivity contribution < 1.29 is 0 Å². The maximum atomic E-state index is 2.67. The molecule has 2 fully saturated rings. The van der Waals surface area contributed by atoms with Gasteiger partial charge in [-0.05, 0) is 43.7 Å². The van der Waals surface area contributed by atoms with Gasteiger partial charge in [-0.25, -0.2) is 0 Å². The first-order valence-electron chi connectivity index (χ1n) is 6.77. The van der Waals surface area contributed by atoms with Crippen molar-refractivity contribution in [3.05, 3.63) is 30.3 Å². The number of anilines is 1. The summed E-state index contributed by atoms with van der Waals surface area (Å²) in [6.45, 7) is 1.27. The number of rotatable bonds is 1. The van der Waals surface area contributed by atoms with Crippen LogP contribution in [-0.2, 0) is 0 Å². The fraction of sp³-hybridized carbons (Fsp3) is 0.600. The quantitative estimate of drug-likeness (QED) is 0.688. The molecule has 1 aliphatic carbocycles. The van der Waals surface area contributed by atoms with Gasteiger partial charge < -0.3 is 4.90 Å². The maximum Gasteiger partial charge on any atom is 0.0368 e. The molecule has 1 heteroatoms. The van der Waals surface area contributed by atoms with E-state index in [1.54, 1.807) is 0 Å². The SMILES string of the molecule is c1ccc(N2CCCC3CCCCC32)cc1. The zero-order valence-electron chi connectivity index (χ0n) is 9.94. The summed E-state index contributed by atoms with van der Waals surface area (Å²) in [5.74, 6) is 0.975. The number of para-hydroxylation sites is 1. The van der Waals surface area contributed by atoms with Crippen molar-refractivity contribution in [3.8, 4) is 0 Å². The van der Waals surface area contributed by atoms with Gasteiger partial charge in [0.2, 0.25) is 0 Å². The van der Waals surface area contributed by atoms with E-state index < -0.39 is 0 Å². The second-order valence-electron chi connectivity index (χ2n) is 5.28. The van der Waals surface area contributed by atoms with Crippen LogP contribution in [0.3, 0.4) is 0 Å². The lowest BCUT2D eigenvalue weighted by Crippen LogP contribution is -2.46. The molecular formula is C15H21N. The Morgan fingerprint density at radius 1 is 0.875 bits per heavy atom. The van der Waals surface area contributed by atoms with Gasteiger partial charge in [-0.2, -0.15) is 0 Å². The fourth-order valence-electron chi connectivity index (χ4n) is 3.56. The highest BCUT2D eigenvalue weighted by Crippen LogP contribution is 2.37. The molecule has 3 rings (SSSR count). The zero-order valence-corrected chi connectivity index (χ0v) is 9.94. The first-order chi connectivity index (χ1) is 7.95. The van der Waals surface area contributed by atoms with E-state index >= 15 is 0 Å². The highest BCUT2D eigenvalue weighted by molar-refractivity contribution is 5.47. The largest absolute Gasteiger partial charge is 0.368 e. The maximum absolute atomic E-state index is 2.67. The van der Waals surface area contributed by atoms with Gasteiger partial charge in [0, 0.05) is 18.3 Å². The van der Waals surface area contributed by atoms with Gasteiger partial charge in [-0.15, -0.1) is 0 Å². The van der Waals surface area contributed by atoms with Crippen LogP contribution in [0, 0.1) is 5.92 Å². The van der Waals surface area contributed by atoms with Crippen molar-refractivity contribution in [2.24, 2.45) is 5.92 Å². The van der Waals surface area contributed by atoms with Crippen LogP contribution in [-0.4, -0.2) is 12.6 Å². The summed E-state index contributed by atoms with van der Waals surface area (Å²) in [5.41, 5.74) is 1.44. The molecule has 0 aromatic heterocycles. The number of hydrogen-bond donors (Lipinski definition) is 0. The smallest absolute Gasteiger partial charge is 0.0368 e. The van der Waals surface area contributed by atoms with Crippen LogP contribution >= 0.6 is 0 Å². The van der Waals surface area contributed by atoms with Crippen molar-refractivity contribution in [1.29, 1.82) is 0 Å². The molecule has 2 atom stereocenters. The van der Waals surface area contributed by atoms with Crippen LogP contribution < -0.4 is 4.90 Å². The Kier molecular flexibility index (Phi) is 2.86. The summed E-state index contributed by atoms with van der Waals surface area (Å²) >= 11 is 0. The molecule has 86 valence electrons. The van der Waals surface area contributed by atoms with E-state index in [-0.39, 0.29) is 0 Å². The topological polar surface area (TPSA) is 3.24 Å². The molecule has 2 unspecified atom stereocenters. The normalized spacial score (nSPS) is 29.9. The molecule has 1 heterocycles. The Morgan fingerprint density at radius 3 is 2.50 bits per heavy atom. The predicted molar refractivity (Wildman–Crippen MR) is 68.8 cm³/mol. The highest BCUT2D eigenvalue weighted by atomic mass is 15.2. The van der Waals surface area contributed by atoms with Crippen LogP contribution in [0.1, 0.15) is 38.5 Å². The fourth-order valence-corrected chi connectivity index (χ4v) is 3.56. The van der Waals surface area contributed by atoms with E-state index in [0.29, 0.717) is 0 Å². The van der Waals surface area contributed by atoms with Gasteiger partial charge in [0.05, 0.1) is 0 Å². The minimum absolute atomic E-state index is 0.838. The molecule has 1 aromatic carbocycles. The Labute approximate surface area is 98.5 Å². The van der Waals surface area contributed by atoms with Gasteiger partial charge in [0.25, 0.3) is 0 Å². The molecule has 1 saturated carbocycles. The molecule has 2 aliphatic rings. The van der Waals surface area contributed by atoms with Gasteiger partial charge in [-0.3, -0.25) is 0 Å².